The maximum Gasteiger partial charge on any atom is 0.109 e. The van der Waals surface area contributed by atoms with Crippen molar-refractivity contribution in [3.05, 3.63) is 16.6 Å². The molecule has 1 heterocycles. The number of nitrogens with zero attached hydrogens (tertiary/aromatic N) is 1. The first-order valence-electron chi connectivity index (χ1n) is 4.15. The summed E-state index contributed by atoms with van der Waals surface area (Å²) in [6, 6.07) is -0.191. The highest BCUT2D eigenvalue weighted by atomic mass is 32.1. The van der Waals surface area contributed by atoms with Gasteiger partial charge in [0.25, 0.3) is 0 Å². The second-order valence-corrected chi connectivity index (χ2v) is 3.75. The first kappa shape index (κ1) is 10.6. The van der Waals surface area contributed by atoms with Crippen molar-refractivity contribution in [2.24, 2.45) is 0 Å². The molecule has 0 aromatic carbocycles. The van der Waals surface area contributed by atoms with Gasteiger partial charge in [-0.2, -0.15) is 0 Å². The lowest BCUT2D eigenvalue weighted by Gasteiger charge is -2.17. The van der Waals surface area contributed by atoms with Gasteiger partial charge in [0.15, 0.2) is 0 Å². The average Bonchev–Trinajstić information content (AvgIpc) is 2.66. The summed E-state index contributed by atoms with van der Waals surface area (Å²) in [5, 5.41) is 23.6. The highest BCUT2D eigenvalue weighted by Gasteiger charge is 2.12. The molecule has 74 valence electrons. The highest BCUT2D eigenvalue weighted by Crippen LogP contribution is 2.14. The van der Waals surface area contributed by atoms with Gasteiger partial charge in [0.1, 0.15) is 5.01 Å². The van der Waals surface area contributed by atoms with Gasteiger partial charge in [0.2, 0.25) is 0 Å². The minimum Gasteiger partial charge on any atom is -0.395 e. The minimum atomic E-state index is -0.265. The minimum absolute atomic E-state index is 0.0633. The van der Waals surface area contributed by atoms with Crippen LogP contribution in [0.25, 0.3) is 0 Å². The van der Waals surface area contributed by atoms with Crippen LogP contribution in [0.15, 0.2) is 11.6 Å². The molecule has 0 radical (unpaired) electrons. The Kier molecular flexibility index (Phi) is 4.31. The molecule has 1 atom stereocenters. The zero-order valence-electron chi connectivity index (χ0n) is 7.47. The van der Waals surface area contributed by atoms with Gasteiger partial charge in [-0.05, 0) is 6.92 Å². The third-order valence-corrected chi connectivity index (χ3v) is 2.71. The van der Waals surface area contributed by atoms with Crippen molar-refractivity contribution in [3.63, 3.8) is 0 Å². The molecule has 0 aliphatic rings. The average molecular weight is 202 g/mol. The highest BCUT2D eigenvalue weighted by molar-refractivity contribution is 7.09. The molecule has 1 unspecified atom stereocenters. The Hall–Kier alpha value is -0.490. The topological polar surface area (TPSA) is 65.4 Å². The molecule has 0 fully saturated rings. The van der Waals surface area contributed by atoms with Gasteiger partial charge in [0.05, 0.1) is 25.3 Å². The molecule has 1 aromatic rings. The van der Waals surface area contributed by atoms with Crippen LogP contribution in [0.3, 0.4) is 0 Å². The third-order valence-electron chi connectivity index (χ3n) is 1.75. The number of aliphatic hydroxyl groups excluding tert-OH is 2. The quantitative estimate of drug-likeness (QED) is 0.636. The zero-order chi connectivity index (χ0) is 9.68. The van der Waals surface area contributed by atoms with Gasteiger partial charge >= 0.3 is 0 Å². The summed E-state index contributed by atoms with van der Waals surface area (Å²) in [5.74, 6) is 0. The van der Waals surface area contributed by atoms with E-state index in [-0.39, 0.29) is 25.3 Å². The van der Waals surface area contributed by atoms with Crippen molar-refractivity contribution >= 4 is 11.3 Å². The van der Waals surface area contributed by atoms with E-state index >= 15 is 0 Å². The first-order chi connectivity index (χ1) is 6.27. The Morgan fingerprint density at radius 1 is 1.54 bits per heavy atom. The van der Waals surface area contributed by atoms with Crippen molar-refractivity contribution in [1.82, 2.24) is 10.3 Å². The van der Waals surface area contributed by atoms with Crippen molar-refractivity contribution < 1.29 is 10.2 Å². The molecule has 3 N–H and O–H groups in total. The van der Waals surface area contributed by atoms with E-state index in [9.17, 15) is 0 Å². The molecule has 0 saturated carbocycles. The molecule has 1 rings (SSSR count). The van der Waals surface area contributed by atoms with Gasteiger partial charge in [-0.15, -0.1) is 11.3 Å². The van der Waals surface area contributed by atoms with Crippen molar-refractivity contribution in [1.29, 1.82) is 0 Å². The summed E-state index contributed by atoms with van der Waals surface area (Å²) in [7, 11) is 0. The van der Waals surface area contributed by atoms with E-state index in [2.05, 4.69) is 10.3 Å². The Morgan fingerprint density at radius 2 is 2.23 bits per heavy atom. The fourth-order valence-corrected chi connectivity index (χ4v) is 1.69. The predicted octanol–water partition coefficient (Wildman–Crippen LogP) is 0.147. The summed E-state index contributed by atoms with van der Waals surface area (Å²) < 4.78 is 0. The van der Waals surface area contributed by atoms with Crippen LogP contribution < -0.4 is 5.32 Å². The Bertz CT molecular complexity index is 224. The predicted molar refractivity (Wildman–Crippen MR) is 51.6 cm³/mol. The Morgan fingerprint density at radius 3 is 2.69 bits per heavy atom. The lowest BCUT2D eigenvalue weighted by Crippen LogP contribution is -2.37. The van der Waals surface area contributed by atoms with Gasteiger partial charge in [-0.3, -0.25) is 0 Å². The summed E-state index contributed by atoms with van der Waals surface area (Å²) in [6.45, 7) is 1.83. The molecule has 0 spiro atoms. The van der Waals surface area contributed by atoms with Crippen molar-refractivity contribution in [2.75, 3.05) is 13.2 Å². The van der Waals surface area contributed by atoms with Crippen LogP contribution in [0, 0.1) is 0 Å². The lowest BCUT2D eigenvalue weighted by molar-refractivity contribution is 0.163. The summed E-state index contributed by atoms with van der Waals surface area (Å²) in [6.07, 6.45) is 1.74. The standard InChI is InChI=1S/C8H14N2O2S/c1-6(8-9-2-3-13-8)10-7(4-11)5-12/h2-3,6-7,10-12H,4-5H2,1H3. The molecule has 5 heteroatoms. The SMILES string of the molecule is CC(NC(CO)CO)c1nccs1. The second kappa shape index (κ2) is 5.29. The van der Waals surface area contributed by atoms with E-state index in [4.69, 9.17) is 10.2 Å². The monoisotopic (exact) mass is 202 g/mol. The Balaban J connectivity index is 2.45. The molecule has 0 bridgehead atoms. The molecule has 1 aromatic heterocycles. The van der Waals surface area contributed by atoms with Crippen LogP contribution in [-0.2, 0) is 0 Å². The van der Waals surface area contributed by atoms with E-state index in [1.165, 1.54) is 0 Å². The molecule has 0 saturated heterocycles. The smallest absolute Gasteiger partial charge is 0.109 e. The van der Waals surface area contributed by atoms with Crippen molar-refractivity contribution in [2.45, 2.75) is 19.0 Å². The van der Waals surface area contributed by atoms with Gasteiger partial charge in [0, 0.05) is 11.6 Å². The maximum absolute atomic E-state index is 8.83. The number of aromatic nitrogens is 1. The summed E-state index contributed by atoms with van der Waals surface area (Å²) in [5.41, 5.74) is 0. The van der Waals surface area contributed by atoms with E-state index in [0.717, 1.165) is 5.01 Å². The van der Waals surface area contributed by atoms with Crippen LogP contribution in [0.2, 0.25) is 0 Å². The largest absolute Gasteiger partial charge is 0.395 e. The maximum atomic E-state index is 8.83. The van der Waals surface area contributed by atoms with Gasteiger partial charge < -0.3 is 15.5 Å². The molecule has 0 aliphatic carbocycles. The molecular formula is C8H14N2O2S. The number of thiazole rings is 1. The lowest BCUT2D eigenvalue weighted by atomic mass is 10.2. The van der Waals surface area contributed by atoms with Crippen LogP contribution >= 0.6 is 11.3 Å². The van der Waals surface area contributed by atoms with E-state index < -0.39 is 0 Å². The van der Waals surface area contributed by atoms with Crippen LogP contribution in [-0.4, -0.2) is 34.5 Å². The second-order valence-electron chi connectivity index (χ2n) is 2.82. The summed E-state index contributed by atoms with van der Waals surface area (Å²) >= 11 is 1.56. The number of hydrogen-bond donors (Lipinski definition) is 3. The summed E-state index contributed by atoms with van der Waals surface area (Å²) in [4.78, 5) is 4.13. The molecule has 0 amide bonds. The van der Waals surface area contributed by atoms with Crippen molar-refractivity contribution in [3.8, 4) is 0 Å². The molecular weight excluding hydrogens is 188 g/mol. The van der Waals surface area contributed by atoms with Gasteiger partial charge in [-0.1, -0.05) is 0 Å². The first-order valence-corrected chi connectivity index (χ1v) is 5.03. The molecule has 13 heavy (non-hydrogen) atoms. The fourth-order valence-electron chi connectivity index (χ4n) is 1.04. The normalized spacial score (nSPS) is 13.5. The number of rotatable bonds is 5. The molecule has 4 nitrogen and oxygen atoms in total. The number of hydrogen-bond acceptors (Lipinski definition) is 5. The van der Waals surface area contributed by atoms with Crippen LogP contribution in [0.4, 0.5) is 0 Å². The zero-order valence-corrected chi connectivity index (χ0v) is 8.29. The Labute approximate surface area is 81.3 Å². The number of nitrogens with one attached hydrogen (secondary N) is 1. The van der Waals surface area contributed by atoms with Crippen LogP contribution in [0.1, 0.15) is 18.0 Å². The van der Waals surface area contributed by atoms with Gasteiger partial charge in [-0.25, -0.2) is 4.98 Å². The van der Waals surface area contributed by atoms with E-state index in [1.807, 2.05) is 12.3 Å². The molecule has 0 aliphatic heterocycles. The fraction of sp³-hybridized carbons (Fsp3) is 0.625. The van der Waals surface area contributed by atoms with E-state index in [1.54, 1.807) is 17.5 Å². The number of aliphatic hydroxyl groups is 2. The third kappa shape index (κ3) is 3.04. The van der Waals surface area contributed by atoms with Crippen LogP contribution in [0.5, 0.6) is 0 Å². The van der Waals surface area contributed by atoms with E-state index in [0.29, 0.717) is 0 Å².